The molecule has 3 aliphatic rings. The molecular formula is C12H22N2. The zero-order chi connectivity index (χ0) is 9.54. The van der Waals surface area contributed by atoms with Crippen LogP contribution >= 0.6 is 0 Å². The first kappa shape index (κ1) is 9.17. The van der Waals surface area contributed by atoms with E-state index in [0.29, 0.717) is 0 Å². The average Bonchev–Trinajstić information content (AvgIpc) is 2.86. The summed E-state index contributed by atoms with van der Waals surface area (Å²) in [6.45, 7) is 5.05. The number of nitrogens with zero attached hydrogens (tertiary/aromatic N) is 1. The molecule has 3 rings (SSSR count). The summed E-state index contributed by atoms with van der Waals surface area (Å²) in [5.74, 6) is 0.980. The molecule has 0 bridgehead atoms. The van der Waals surface area contributed by atoms with E-state index < -0.39 is 0 Å². The van der Waals surface area contributed by atoms with Crippen molar-refractivity contribution in [1.29, 1.82) is 0 Å². The van der Waals surface area contributed by atoms with Gasteiger partial charge in [-0.3, -0.25) is 4.90 Å². The molecular weight excluding hydrogens is 172 g/mol. The van der Waals surface area contributed by atoms with Crippen LogP contribution < -0.4 is 5.32 Å². The highest BCUT2D eigenvalue weighted by Crippen LogP contribution is 2.31. The first-order valence-corrected chi connectivity index (χ1v) is 6.31. The highest BCUT2D eigenvalue weighted by atomic mass is 15.2. The Kier molecular flexibility index (Phi) is 2.29. The molecule has 80 valence electrons. The lowest BCUT2D eigenvalue weighted by atomic mass is 9.81. The number of rotatable bonds is 3. The second-order valence-corrected chi connectivity index (χ2v) is 5.65. The van der Waals surface area contributed by atoms with Crippen LogP contribution in [0.25, 0.3) is 0 Å². The molecule has 2 heteroatoms. The van der Waals surface area contributed by atoms with Crippen LogP contribution in [-0.2, 0) is 0 Å². The lowest BCUT2D eigenvalue weighted by molar-refractivity contribution is 0.218. The van der Waals surface area contributed by atoms with Gasteiger partial charge in [-0.2, -0.15) is 0 Å². The van der Waals surface area contributed by atoms with E-state index in [0.717, 1.165) is 24.0 Å². The minimum Gasteiger partial charge on any atom is -0.310 e. The van der Waals surface area contributed by atoms with Gasteiger partial charge in [-0.05, 0) is 38.0 Å². The fraction of sp³-hybridized carbons (Fsp3) is 1.00. The average molecular weight is 194 g/mol. The third kappa shape index (κ3) is 1.82. The third-order valence-corrected chi connectivity index (χ3v) is 4.13. The van der Waals surface area contributed by atoms with Gasteiger partial charge in [0, 0.05) is 31.2 Å². The zero-order valence-electron chi connectivity index (χ0n) is 9.21. The van der Waals surface area contributed by atoms with Gasteiger partial charge in [0.2, 0.25) is 0 Å². The first-order valence-electron chi connectivity index (χ1n) is 6.31. The van der Waals surface area contributed by atoms with Crippen LogP contribution in [0.4, 0.5) is 0 Å². The smallest absolute Gasteiger partial charge is 0.0209 e. The number of hydrogen-bond acceptors (Lipinski definition) is 2. The zero-order valence-corrected chi connectivity index (χ0v) is 9.21. The van der Waals surface area contributed by atoms with E-state index in [9.17, 15) is 0 Å². The van der Waals surface area contributed by atoms with E-state index in [1.807, 2.05) is 0 Å². The van der Waals surface area contributed by atoms with Crippen LogP contribution in [0, 0.1) is 5.92 Å². The first-order chi connectivity index (χ1) is 6.81. The Morgan fingerprint density at radius 2 is 1.86 bits per heavy atom. The molecule has 2 saturated carbocycles. The minimum atomic E-state index is 0.813. The van der Waals surface area contributed by atoms with Crippen LogP contribution in [-0.4, -0.2) is 36.1 Å². The number of hydrogen-bond donors (Lipinski definition) is 1. The van der Waals surface area contributed by atoms with Gasteiger partial charge in [0.15, 0.2) is 0 Å². The van der Waals surface area contributed by atoms with E-state index in [1.165, 1.54) is 45.2 Å². The summed E-state index contributed by atoms with van der Waals surface area (Å²) in [5, 5.41) is 3.82. The van der Waals surface area contributed by atoms with E-state index >= 15 is 0 Å². The van der Waals surface area contributed by atoms with Gasteiger partial charge in [-0.15, -0.1) is 0 Å². The standard InChI is InChI=1S/C12H22N2/c1-9-6-11(7-9)13-10-4-5-14(8-10)12-2-3-12/h9-13H,2-8H2,1H3. The maximum Gasteiger partial charge on any atom is 0.0209 e. The van der Waals surface area contributed by atoms with Crippen LogP contribution in [0.2, 0.25) is 0 Å². The Bertz CT molecular complexity index is 206. The predicted molar refractivity (Wildman–Crippen MR) is 58.3 cm³/mol. The van der Waals surface area contributed by atoms with Gasteiger partial charge < -0.3 is 5.32 Å². The molecule has 14 heavy (non-hydrogen) atoms. The van der Waals surface area contributed by atoms with Crippen LogP contribution in [0.15, 0.2) is 0 Å². The van der Waals surface area contributed by atoms with E-state index in [1.54, 1.807) is 0 Å². The predicted octanol–water partition coefficient (Wildman–Crippen LogP) is 1.61. The van der Waals surface area contributed by atoms with Gasteiger partial charge in [-0.25, -0.2) is 0 Å². The van der Waals surface area contributed by atoms with Crippen LogP contribution in [0.5, 0.6) is 0 Å². The lowest BCUT2D eigenvalue weighted by Crippen LogP contribution is -2.46. The molecule has 0 radical (unpaired) electrons. The van der Waals surface area contributed by atoms with Gasteiger partial charge in [0.1, 0.15) is 0 Å². The summed E-state index contributed by atoms with van der Waals surface area (Å²) in [7, 11) is 0. The topological polar surface area (TPSA) is 15.3 Å². The van der Waals surface area contributed by atoms with Crippen LogP contribution in [0.1, 0.15) is 39.0 Å². The SMILES string of the molecule is CC1CC(NC2CCN(C3CC3)C2)C1. The monoisotopic (exact) mass is 194 g/mol. The highest BCUT2D eigenvalue weighted by molar-refractivity contribution is 4.94. The lowest BCUT2D eigenvalue weighted by Gasteiger charge is -2.35. The van der Waals surface area contributed by atoms with Crippen LogP contribution in [0.3, 0.4) is 0 Å². The summed E-state index contributed by atoms with van der Waals surface area (Å²) in [6, 6.07) is 2.64. The van der Waals surface area contributed by atoms with Gasteiger partial charge in [-0.1, -0.05) is 6.92 Å². The number of likely N-dealkylation sites (tertiary alicyclic amines) is 1. The van der Waals surface area contributed by atoms with Crippen molar-refractivity contribution >= 4 is 0 Å². The van der Waals surface area contributed by atoms with Gasteiger partial charge in [0.25, 0.3) is 0 Å². The van der Waals surface area contributed by atoms with E-state index in [4.69, 9.17) is 0 Å². The molecule has 0 aromatic heterocycles. The van der Waals surface area contributed by atoms with E-state index in [2.05, 4.69) is 17.1 Å². The van der Waals surface area contributed by atoms with Crippen molar-refractivity contribution in [2.45, 2.75) is 57.2 Å². The third-order valence-electron chi connectivity index (χ3n) is 4.13. The molecule has 2 nitrogen and oxygen atoms in total. The highest BCUT2D eigenvalue weighted by Gasteiger charge is 2.36. The Morgan fingerprint density at radius 1 is 1.07 bits per heavy atom. The minimum absolute atomic E-state index is 0.813. The molecule has 3 fully saturated rings. The summed E-state index contributed by atoms with van der Waals surface area (Å²) >= 11 is 0. The van der Waals surface area contributed by atoms with Gasteiger partial charge >= 0.3 is 0 Å². The van der Waals surface area contributed by atoms with E-state index in [-0.39, 0.29) is 0 Å². The van der Waals surface area contributed by atoms with Crippen molar-refractivity contribution in [1.82, 2.24) is 10.2 Å². The molecule has 0 aromatic carbocycles. The molecule has 1 aliphatic heterocycles. The molecule has 0 aromatic rings. The van der Waals surface area contributed by atoms with Crippen molar-refractivity contribution in [3.8, 4) is 0 Å². The Morgan fingerprint density at radius 3 is 2.50 bits per heavy atom. The molecule has 1 heterocycles. The Hall–Kier alpha value is -0.0800. The largest absolute Gasteiger partial charge is 0.310 e. The van der Waals surface area contributed by atoms with Crippen molar-refractivity contribution in [2.24, 2.45) is 5.92 Å². The molecule has 2 aliphatic carbocycles. The fourth-order valence-corrected chi connectivity index (χ4v) is 3.07. The number of nitrogens with one attached hydrogen (secondary N) is 1. The van der Waals surface area contributed by atoms with Crippen molar-refractivity contribution in [2.75, 3.05) is 13.1 Å². The van der Waals surface area contributed by atoms with Gasteiger partial charge in [0.05, 0.1) is 0 Å². The summed E-state index contributed by atoms with van der Waals surface area (Å²) in [5.41, 5.74) is 0. The molecule has 1 unspecified atom stereocenters. The molecule has 1 N–H and O–H groups in total. The normalized spacial score (nSPS) is 43.9. The Labute approximate surface area is 87.0 Å². The summed E-state index contributed by atoms with van der Waals surface area (Å²) in [6.07, 6.45) is 7.15. The second kappa shape index (κ2) is 3.49. The Balaban J connectivity index is 1.42. The van der Waals surface area contributed by atoms with Crippen molar-refractivity contribution in [3.63, 3.8) is 0 Å². The van der Waals surface area contributed by atoms with Crippen molar-refractivity contribution < 1.29 is 0 Å². The summed E-state index contributed by atoms with van der Waals surface area (Å²) < 4.78 is 0. The molecule has 1 saturated heterocycles. The maximum absolute atomic E-state index is 3.82. The second-order valence-electron chi connectivity index (χ2n) is 5.65. The molecule has 1 atom stereocenters. The summed E-state index contributed by atoms with van der Waals surface area (Å²) in [4.78, 5) is 2.69. The molecule has 0 spiro atoms. The molecule has 0 amide bonds. The fourth-order valence-electron chi connectivity index (χ4n) is 3.07. The maximum atomic E-state index is 3.82. The van der Waals surface area contributed by atoms with Crippen molar-refractivity contribution in [3.05, 3.63) is 0 Å². The quantitative estimate of drug-likeness (QED) is 0.734.